The summed E-state index contributed by atoms with van der Waals surface area (Å²) in [6.45, 7) is 24.6. The monoisotopic (exact) mass is 352 g/mol. The summed E-state index contributed by atoms with van der Waals surface area (Å²) in [5, 5.41) is 0. The lowest BCUT2D eigenvalue weighted by atomic mass is 10.4. The molecule has 0 radical (unpaired) electrons. The summed E-state index contributed by atoms with van der Waals surface area (Å²) in [6, 6.07) is 0. The average Bonchev–Trinajstić information content (AvgIpc) is 2.07. The van der Waals surface area contributed by atoms with Crippen molar-refractivity contribution in [2.75, 3.05) is 0 Å². The van der Waals surface area contributed by atoms with Crippen molar-refractivity contribution in [3.8, 4) is 0 Å². The Labute approximate surface area is 131 Å². The fraction of sp³-hybridized carbons (Fsp3) is 1.00. The van der Waals surface area contributed by atoms with E-state index in [1.54, 1.807) is 0 Å². The van der Waals surface area contributed by atoms with Gasteiger partial charge in [0.15, 0.2) is 25.0 Å². The summed E-state index contributed by atoms with van der Waals surface area (Å²) in [5.74, 6) is 0. The van der Waals surface area contributed by atoms with Crippen molar-refractivity contribution in [1.29, 1.82) is 0 Å². The van der Waals surface area contributed by atoms with Crippen LogP contribution < -0.4 is 0 Å². The molecule has 1 atom stereocenters. The van der Waals surface area contributed by atoms with E-state index >= 15 is 0 Å². The minimum atomic E-state index is -2.62. The first-order valence-corrected chi connectivity index (χ1v) is 19.7. The van der Waals surface area contributed by atoms with Gasteiger partial charge in [0.05, 0.1) is 0 Å². The average molecular weight is 353 g/mol. The van der Waals surface area contributed by atoms with Gasteiger partial charge in [-0.25, -0.2) is 0 Å². The van der Waals surface area contributed by atoms with E-state index in [4.69, 9.17) is 12.3 Å². The Morgan fingerprint density at radius 2 is 0.900 bits per heavy atom. The van der Waals surface area contributed by atoms with Gasteiger partial charge in [0.1, 0.15) is 0 Å². The number of hydrogen-bond acceptors (Lipinski definition) is 3. The number of hydrogen-bond donors (Lipinski definition) is 0. The minimum Gasteiger partial charge on any atom is -0.417 e. The normalized spacial score (nSPS) is 16.4. The SMILES string of the molecule is CCC(C)[Si](O[Si](C)(C)C)(O[Si](C)(C)C)O[Si](C)(C)C. The molecule has 0 aliphatic heterocycles. The molecule has 7 heteroatoms. The quantitative estimate of drug-likeness (QED) is 0.556. The Morgan fingerprint density at radius 1 is 0.650 bits per heavy atom. The molecule has 0 fully saturated rings. The van der Waals surface area contributed by atoms with E-state index in [0.717, 1.165) is 6.42 Å². The highest BCUT2D eigenvalue weighted by Gasteiger charge is 2.53. The maximum absolute atomic E-state index is 6.63. The van der Waals surface area contributed by atoms with Gasteiger partial charge in [-0.2, -0.15) is 0 Å². The molecule has 0 aromatic heterocycles. The second-order valence-electron chi connectivity index (χ2n) is 8.56. The van der Waals surface area contributed by atoms with Crippen LogP contribution in [0.4, 0.5) is 0 Å². The van der Waals surface area contributed by atoms with Crippen molar-refractivity contribution in [3.63, 3.8) is 0 Å². The molecule has 0 aromatic rings. The standard InChI is InChI=1S/C13H36O3Si4/c1-12-13(2)20(14-17(3,4)5,15-18(6,7)8)16-19(9,10)11/h13H,12H2,1-11H3. The van der Waals surface area contributed by atoms with Gasteiger partial charge in [0.2, 0.25) is 0 Å². The van der Waals surface area contributed by atoms with Crippen molar-refractivity contribution in [1.82, 2.24) is 0 Å². The molecule has 0 amide bonds. The second-order valence-corrected chi connectivity index (χ2v) is 25.9. The topological polar surface area (TPSA) is 27.7 Å². The lowest BCUT2D eigenvalue weighted by molar-refractivity contribution is 0.235. The third-order valence-electron chi connectivity index (χ3n) is 2.56. The molecule has 0 saturated carbocycles. The van der Waals surface area contributed by atoms with Crippen LogP contribution in [0.2, 0.25) is 64.5 Å². The minimum absolute atomic E-state index is 0.368. The summed E-state index contributed by atoms with van der Waals surface area (Å²) >= 11 is 0. The van der Waals surface area contributed by atoms with E-state index in [0.29, 0.717) is 5.54 Å². The molecular weight excluding hydrogens is 316 g/mol. The van der Waals surface area contributed by atoms with Crippen molar-refractivity contribution >= 4 is 33.8 Å². The molecule has 0 aliphatic rings. The molecule has 122 valence electrons. The molecule has 0 saturated heterocycles. The largest absolute Gasteiger partial charge is 0.472 e. The van der Waals surface area contributed by atoms with Crippen molar-refractivity contribution in [3.05, 3.63) is 0 Å². The first kappa shape index (κ1) is 20.7. The highest BCUT2D eigenvalue weighted by Crippen LogP contribution is 2.36. The number of rotatable bonds is 8. The van der Waals surface area contributed by atoms with Gasteiger partial charge >= 0.3 is 8.80 Å². The molecule has 0 rings (SSSR count). The smallest absolute Gasteiger partial charge is 0.417 e. The van der Waals surface area contributed by atoms with Crippen LogP contribution in [0.5, 0.6) is 0 Å². The lowest BCUT2D eigenvalue weighted by Crippen LogP contribution is -2.62. The summed E-state index contributed by atoms with van der Waals surface area (Å²) in [7, 11) is -7.77. The lowest BCUT2D eigenvalue weighted by Gasteiger charge is -2.45. The van der Waals surface area contributed by atoms with E-state index in [1.165, 1.54) is 0 Å². The van der Waals surface area contributed by atoms with Crippen molar-refractivity contribution < 1.29 is 12.3 Å². The molecule has 20 heavy (non-hydrogen) atoms. The second kappa shape index (κ2) is 6.89. The van der Waals surface area contributed by atoms with E-state index in [2.05, 4.69) is 72.8 Å². The highest BCUT2D eigenvalue weighted by atomic mass is 28.5. The molecular formula is C13H36O3Si4. The van der Waals surface area contributed by atoms with E-state index in [1.807, 2.05) is 0 Å². The molecule has 0 spiro atoms. The van der Waals surface area contributed by atoms with Gasteiger partial charge in [-0.05, 0) is 65.3 Å². The summed E-state index contributed by atoms with van der Waals surface area (Å²) < 4.78 is 19.9. The summed E-state index contributed by atoms with van der Waals surface area (Å²) in [4.78, 5) is 0. The Balaban J connectivity index is 5.63. The molecule has 0 bridgehead atoms. The van der Waals surface area contributed by atoms with Crippen LogP contribution in [0, 0.1) is 0 Å². The molecule has 0 N–H and O–H groups in total. The van der Waals surface area contributed by atoms with Crippen LogP contribution >= 0.6 is 0 Å². The molecule has 1 unspecified atom stereocenters. The van der Waals surface area contributed by atoms with Crippen LogP contribution in [0.1, 0.15) is 20.3 Å². The fourth-order valence-electron chi connectivity index (χ4n) is 1.89. The predicted molar refractivity (Wildman–Crippen MR) is 98.8 cm³/mol. The van der Waals surface area contributed by atoms with Gasteiger partial charge in [0.25, 0.3) is 0 Å². The Morgan fingerprint density at radius 3 is 1.05 bits per heavy atom. The van der Waals surface area contributed by atoms with E-state index in [9.17, 15) is 0 Å². The van der Waals surface area contributed by atoms with Gasteiger partial charge in [-0.3, -0.25) is 0 Å². The van der Waals surface area contributed by atoms with Crippen LogP contribution in [0.15, 0.2) is 0 Å². The van der Waals surface area contributed by atoms with Gasteiger partial charge in [-0.1, -0.05) is 13.8 Å². The highest BCUT2D eigenvalue weighted by molar-refractivity contribution is 6.90. The van der Waals surface area contributed by atoms with Crippen LogP contribution in [-0.4, -0.2) is 33.8 Å². The Hall–Kier alpha value is 0.748. The third kappa shape index (κ3) is 8.25. The zero-order valence-corrected chi connectivity index (χ0v) is 19.5. The van der Waals surface area contributed by atoms with Crippen molar-refractivity contribution in [2.24, 2.45) is 0 Å². The van der Waals surface area contributed by atoms with Gasteiger partial charge < -0.3 is 12.3 Å². The summed E-state index contributed by atoms with van der Waals surface area (Å²) in [5.41, 5.74) is 0.368. The maximum Gasteiger partial charge on any atom is 0.472 e. The molecule has 3 nitrogen and oxygen atoms in total. The van der Waals surface area contributed by atoms with E-state index < -0.39 is 33.8 Å². The van der Waals surface area contributed by atoms with Gasteiger partial charge in [-0.15, -0.1) is 0 Å². The first-order chi connectivity index (χ1) is 8.60. The predicted octanol–water partition coefficient (Wildman–Crippen LogP) is 5.28. The Bertz CT molecular complexity index is 261. The van der Waals surface area contributed by atoms with Crippen LogP contribution in [0.3, 0.4) is 0 Å². The first-order valence-electron chi connectivity index (χ1n) is 7.71. The fourth-order valence-corrected chi connectivity index (χ4v) is 16.7. The Kier molecular flexibility index (Phi) is 7.14. The molecule has 0 heterocycles. The zero-order valence-electron chi connectivity index (χ0n) is 15.5. The van der Waals surface area contributed by atoms with Crippen molar-refractivity contribution in [2.45, 2.75) is 84.7 Å². The summed E-state index contributed by atoms with van der Waals surface area (Å²) in [6.07, 6.45) is 1.05. The van der Waals surface area contributed by atoms with Crippen LogP contribution in [-0.2, 0) is 12.3 Å². The zero-order chi connectivity index (χ0) is 16.4. The molecule has 0 aromatic carbocycles. The van der Waals surface area contributed by atoms with E-state index in [-0.39, 0.29) is 0 Å². The third-order valence-corrected chi connectivity index (χ3v) is 14.9. The molecule has 0 aliphatic carbocycles. The maximum atomic E-state index is 6.63. The van der Waals surface area contributed by atoms with Gasteiger partial charge in [0, 0.05) is 5.54 Å². The van der Waals surface area contributed by atoms with Crippen LogP contribution in [0.25, 0.3) is 0 Å².